The number of urea groups is 1. The number of carbonyl (C=O) groups excluding carboxylic acids is 1. The van der Waals surface area contributed by atoms with E-state index < -0.39 is 11.9 Å². The summed E-state index contributed by atoms with van der Waals surface area (Å²) >= 11 is 0. The highest BCUT2D eigenvalue weighted by atomic mass is 16.4. The molecule has 3 N–H and O–H groups in total. The third kappa shape index (κ3) is 4.04. The standard InChI is InChI=1S/C10H17N5O3/c1-3-7(9(16)17)4-11-10(18)15(2)5-8-12-6-13-14-8/h6-7H,3-5H2,1-2H3,(H,11,18)(H,16,17)(H,12,13,14). The minimum atomic E-state index is -0.907. The van der Waals surface area contributed by atoms with Crippen molar-refractivity contribution in [3.8, 4) is 0 Å². The molecule has 0 bridgehead atoms. The van der Waals surface area contributed by atoms with Crippen LogP contribution in [0.3, 0.4) is 0 Å². The minimum Gasteiger partial charge on any atom is -0.481 e. The molecule has 1 aromatic heterocycles. The average Bonchev–Trinajstić information content (AvgIpc) is 2.81. The molecule has 1 heterocycles. The van der Waals surface area contributed by atoms with Crippen LogP contribution in [0.15, 0.2) is 6.33 Å². The van der Waals surface area contributed by atoms with E-state index in [-0.39, 0.29) is 19.1 Å². The number of aromatic amines is 1. The molecule has 1 unspecified atom stereocenters. The molecular formula is C10H17N5O3. The zero-order valence-electron chi connectivity index (χ0n) is 10.4. The second kappa shape index (κ2) is 6.58. The number of H-pyrrole nitrogens is 1. The first-order chi connectivity index (χ1) is 8.54. The maximum Gasteiger partial charge on any atom is 0.317 e. The van der Waals surface area contributed by atoms with Crippen molar-refractivity contribution in [2.45, 2.75) is 19.9 Å². The number of nitrogens with zero attached hydrogens (tertiary/aromatic N) is 3. The molecule has 8 nitrogen and oxygen atoms in total. The van der Waals surface area contributed by atoms with Crippen LogP contribution in [-0.2, 0) is 11.3 Å². The van der Waals surface area contributed by atoms with E-state index in [9.17, 15) is 9.59 Å². The van der Waals surface area contributed by atoms with Gasteiger partial charge >= 0.3 is 12.0 Å². The topological polar surface area (TPSA) is 111 Å². The van der Waals surface area contributed by atoms with E-state index in [2.05, 4.69) is 20.5 Å². The Morgan fingerprint density at radius 3 is 2.83 bits per heavy atom. The molecule has 0 fully saturated rings. The summed E-state index contributed by atoms with van der Waals surface area (Å²) in [6.07, 6.45) is 1.83. The van der Waals surface area contributed by atoms with Crippen molar-refractivity contribution in [1.82, 2.24) is 25.4 Å². The van der Waals surface area contributed by atoms with E-state index in [0.717, 1.165) is 0 Å². The van der Waals surface area contributed by atoms with Crippen LogP contribution in [0.5, 0.6) is 0 Å². The van der Waals surface area contributed by atoms with Gasteiger partial charge in [-0.1, -0.05) is 6.92 Å². The van der Waals surface area contributed by atoms with Crippen LogP contribution < -0.4 is 5.32 Å². The molecule has 1 rings (SSSR count). The van der Waals surface area contributed by atoms with Crippen molar-refractivity contribution in [2.75, 3.05) is 13.6 Å². The predicted octanol–water partition coefficient (Wildman–Crippen LogP) is 0.0569. The van der Waals surface area contributed by atoms with Crippen LogP contribution in [0.4, 0.5) is 4.79 Å². The molecule has 1 aromatic rings. The summed E-state index contributed by atoms with van der Waals surface area (Å²) in [5.41, 5.74) is 0. The molecule has 18 heavy (non-hydrogen) atoms. The molecule has 0 radical (unpaired) electrons. The molecule has 0 saturated carbocycles. The molecule has 0 aliphatic rings. The molecule has 0 aromatic carbocycles. The summed E-state index contributed by atoms with van der Waals surface area (Å²) in [6.45, 7) is 2.17. The highest BCUT2D eigenvalue weighted by Crippen LogP contribution is 2.01. The number of carboxylic acids is 1. The smallest absolute Gasteiger partial charge is 0.317 e. The van der Waals surface area contributed by atoms with Crippen molar-refractivity contribution >= 4 is 12.0 Å². The molecule has 0 spiro atoms. The summed E-state index contributed by atoms with van der Waals surface area (Å²) < 4.78 is 0. The van der Waals surface area contributed by atoms with Gasteiger partial charge in [0, 0.05) is 13.6 Å². The molecule has 2 amide bonds. The Morgan fingerprint density at radius 2 is 2.33 bits per heavy atom. The molecule has 1 atom stereocenters. The predicted molar refractivity (Wildman–Crippen MR) is 62.7 cm³/mol. The van der Waals surface area contributed by atoms with Gasteiger partial charge in [0.2, 0.25) is 0 Å². The fraction of sp³-hybridized carbons (Fsp3) is 0.600. The summed E-state index contributed by atoms with van der Waals surface area (Å²) in [5, 5.41) is 17.7. The van der Waals surface area contributed by atoms with Gasteiger partial charge in [-0.05, 0) is 6.42 Å². The van der Waals surface area contributed by atoms with E-state index in [1.807, 2.05) is 0 Å². The number of amides is 2. The normalized spacial score (nSPS) is 11.9. The number of nitrogens with one attached hydrogen (secondary N) is 2. The van der Waals surface area contributed by atoms with Crippen molar-refractivity contribution in [1.29, 1.82) is 0 Å². The van der Waals surface area contributed by atoms with Gasteiger partial charge in [-0.3, -0.25) is 9.89 Å². The van der Waals surface area contributed by atoms with Gasteiger partial charge in [0.1, 0.15) is 12.2 Å². The zero-order chi connectivity index (χ0) is 13.5. The first-order valence-electron chi connectivity index (χ1n) is 5.60. The summed E-state index contributed by atoms with van der Waals surface area (Å²) in [5.74, 6) is -0.902. The Morgan fingerprint density at radius 1 is 1.61 bits per heavy atom. The second-order valence-electron chi connectivity index (χ2n) is 3.92. The van der Waals surface area contributed by atoms with Crippen molar-refractivity contribution in [2.24, 2.45) is 5.92 Å². The Hall–Kier alpha value is -2.12. The van der Waals surface area contributed by atoms with E-state index in [4.69, 9.17) is 5.11 Å². The Kier molecular flexibility index (Phi) is 5.09. The van der Waals surface area contributed by atoms with Gasteiger partial charge in [-0.15, -0.1) is 0 Å². The van der Waals surface area contributed by atoms with Crippen molar-refractivity contribution in [3.63, 3.8) is 0 Å². The SMILES string of the molecule is CCC(CNC(=O)N(C)Cc1ncn[nH]1)C(=O)O. The molecule has 8 heteroatoms. The lowest BCUT2D eigenvalue weighted by Crippen LogP contribution is -2.40. The van der Waals surface area contributed by atoms with E-state index in [0.29, 0.717) is 12.2 Å². The summed E-state index contributed by atoms with van der Waals surface area (Å²) in [4.78, 5) is 27.7. The van der Waals surface area contributed by atoms with Crippen LogP contribution in [0, 0.1) is 5.92 Å². The van der Waals surface area contributed by atoms with Crippen LogP contribution in [0.2, 0.25) is 0 Å². The van der Waals surface area contributed by atoms with Crippen LogP contribution in [-0.4, -0.2) is 50.8 Å². The Balaban J connectivity index is 2.38. The van der Waals surface area contributed by atoms with Gasteiger partial charge in [0.15, 0.2) is 0 Å². The zero-order valence-corrected chi connectivity index (χ0v) is 10.4. The Labute approximate surface area is 104 Å². The molecular weight excluding hydrogens is 238 g/mol. The molecule has 0 aliphatic carbocycles. The van der Waals surface area contributed by atoms with Gasteiger partial charge in [-0.2, -0.15) is 5.10 Å². The van der Waals surface area contributed by atoms with Crippen molar-refractivity contribution < 1.29 is 14.7 Å². The lowest BCUT2D eigenvalue weighted by molar-refractivity contribution is -0.141. The minimum absolute atomic E-state index is 0.116. The number of hydrogen-bond donors (Lipinski definition) is 3. The fourth-order valence-electron chi connectivity index (χ4n) is 1.36. The number of carbonyl (C=O) groups is 2. The lowest BCUT2D eigenvalue weighted by Gasteiger charge is -2.18. The first kappa shape index (κ1) is 13.9. The number of rotatable bonds is 6. The number of carboxylic acid groups (broad SMARTS) is 1. The molecule has 0 aliphatic heterocycles. The van der Waals surface area contributed by atoms with Gasteiger partial charge in [0.05, 0.1) is 12.5 Å². The average molecular weight is 255 g/mol. The maximum atomic E-state index is 11.7. The summed E-state index contributed by atoms with van der Waals surface area (Å²) in [7, 11) is 1.60. The van der Waals surface area contributed by atoms with Gasteiger partial charge in [-0.25, -0.2) is 9.78 Å². The third-order valence-corrected chi connectivity index (χ3v) is 2.54. The highest BCUT2D eigenvalue weighted by molar-refractivity contribution is 5.75. The van der Waals surface area contributed by atoms with Crippen molar-refractivity contribution in [3.05, 3.63) is 12.2 Å². The van der Waals surface area contributed by atoms with E-state index in [1.165, 1.54) is 11.2 Å². The number of aromatic nitrogens is 3. The van der Waals surface area contributed by atoms with Gasteiger partial charge in [0.25, 0.3) is 0 Å². The number of aliphatic carboxylic acids is 1. The maximum absolute atomic E-state index is 11.7. The van der Waals surface area contributed by atoms with E-state index >= 15 is 0 Å². The molecule has 0 saturated heterocycles. The Bertz CT molecular complexity index is 392. The van der Waals surface area contributed by atoms with Crippen LogP contribution >= 0.6 is 0 Å². The largest absolute Gasteiger partial charge is 0.481 e. The highest BCUT2D eigenvalue weighted by Gasteiger charge is 2.17. The second-order valence-corrected chi connectivity index (χ2v) is 3.92. The quantitative estimate of drug-likeness (QED) is 0.665. The lowest BCUT2D eigenvalue weighted by atomic mass is 10.1. The first-order valence-corrected chi connectivity index (χ1v) is 5.60. The van der Waals surface area contributed by atoms with Gasteiger partial charge < -0.3 is 15.3 Å². The fourth-order valence-corrected chi connectivity index (χ4v) is 1.36. The summed E-state index contributed by atoms with van der Waals surface area (Å²) in [6, 6.07) is -0.342. The molecule has 100 valence electrons. The van der Waals surface area contributed by atoms with Crippen LogP contribution in [0.25, 0.3) is 0 Å². The van der Waals surface area contributed by atoms with Crippen LogP contribution in [0.1, 0.15) is 19.2 Å². The number of hydrogen-bond acceptors (Lipinski definition) is 4. The third-order valence-electron chi connectivity index (χ3n) is 2.54. The van der Waals surface area contributed by atoms with E-state index in [1.54, 1.807) is 14.0 Å². The monoisotopic (exact) mass is 255 g/mol.